The molecule has 8 heteroatoms. The summed E-state index contributed by atoms with van der Waals surface area (Å²) in [4.78, 5) is 25.0. The van der Waals surface area contributed by atoms with E-state index in [1.165, 1.54) is 22.2 Å². The van der Waals surface area contributed by atoms with Gasteiger partial charge in [-0.15, -0.1) is 0 Å². The number of piperidine rings is 1. The number of sulfonamides is 1. The van der Waals surface area contributed by atoms with Crippen molar-refractivity contribution in [1.29, 1.82) is 0 Å². The number of para-hydroxylation sites is 1. The van der Waals surface area contributed by atoms with Crippen LogP contribution in [0.1, 0.15) is 28.0 Å². The number of ether oxygens (including phenoxy) is 1. The number of nitrogens with zero attached hydrogens (tertiary/aromatic N) is 2. The number of methoxy groups -OCH3 is 1. The Morgan fingerprint density at radius 2 is 1.96 bits per heavy atom. The van der Waals surface area contributed by atoms with Crippen LogP contribution < -0.4 is 0 Å². The van der Waals surface area contributed by atoms with Gasteiger partial charge in [-0.05, 0) is 18.9 Å². The normalized spacial score (nSPS) is 19.0. The minimum Gasteiger partial charge on any atom is -0.465 e. The number of carbonyl (C=O) groups excluding carboxylic acids is 2. The summed E-state index contributed by atoms with van der Waals surface area (Å²) < 4.78 is 31.1. The average Bonchev–Trinajstić information content (AvgIpc) is 2.99. The maximum Gasteiger partial charge on any atom is 0.340 e. The number of aromatic nitrogens is 1. The molecule has 2 aromatic rings. The second-order valence-electron chi connectivity index (χ2n) is 6.22. The summed E-state index contributed by atoms with van der Waals surface area (Å²) in [6.45, 7) is 0.597. The zero-order valence-electron chi connectivity index (χ0n) is 14.1. The van der Waals surface area contributed by atoms with E-state index < -0.39 is 21.9 Å². The Hall–Kier alpha value is -2.19. The molecule has 1 aliphatic heterocycles. The van der Waals surface area contributed by atoms with Crippen LogP contribution in [0.25, 0.3) is 10.9 Å². The van der Waals surface area contributed by atoms with Gasteiger partial charge in [0.1, 0.15) is 0 Å². The van der Waals surface area contributed by atoms with Crippen LogP contribution in [0, 0.1) is 5.92 Å². The lowest BCUT2D eigenvalue weighted by molar-refractivity contribution is 0.0603. The molecule has 25 heavy (non-hydrogen) atoms. The summed E-state index contributed by atoms with van der Waals surface area (Å²) in [5, 5.41) is 0.637. The summed E-state index contributed by atoms with van der Waals surface area (Å²) in [7, 11) is -2.04. The third-order valence-corrected chi connectivity index (χ3v) is 5.83. The molecule has 1 fully saturated rings. The molecule has 7 nitrogen and oxygen atoms in total. The lowest BCUT2D eigenvalue weighted by atomic mass is 9.98. The molecule has 0 radical (unpaired) electrons. The summed E-state index contributed by atoms with van der Waals surface area (Å²) in [5.74, 6) is -1.16. The van der Waals surface area contributed by atoms with Crippen LogP contribution in [-0.4, -0.2) is 55.6 Å². The average molecular weight is 364 g/mol. The van der Waals surface area contributed by atoms with Gasteiger partial charge in [0, 0.05) is 24.7 Å². The topological polar surface area (TPSA) is 85.7 Å². The van der Waals surface area contributed by atoms with E-state index >= 15 is 0 Å². The number of hydrogen-bond donors (Lipinski definition) is 0. The first-order chi connectivity index (χ1) is 11.8. The second-order valence-corrected chi connectivity index (χ2v) is 8.20. The second kappa shape index (κ2) is 6.61. The molecule has 0 amide bonds. The first-order valence-corrected chi connectivity index (χ1v) is 9.85. The van der Waals surface area contributed by atoms with E-state index in [1.54, 1.807) is 24.3 Å². The minimum atomic E-state index is -3.33. The van der Waals surface area contributed by atoms with Crippen LogP contribution in [0.3, 0.4) is 0 Å². The quantitative estimate of drug-likeness (QED) is 0.775. The zero-order chi connectivity index (χ0) is 18.2. The summed E-state index contributed by atoms with van der Waals surface area (Å²) in [6, 6.07) is 7.10. The maximum atomic E-state index is 13.0. The maximum absolute atomic E-state index is 13.0. The summed E-state index contributed by atoms with van der Waals surface area (Å²) >= 11 is 0. The van der Waals surface area contributed by atoms with E-state index in [2.05, 4.69) is 0 Å². The van der Waals surface area contributed by atoms with Crippen molar-refractivity contribution in [3.05, 3.63) is 36.0 Å². The molecule has 1 aliphatic rings. The molecule has 0 aliphatic carbocycles. The van der Waals surface area contributed by atoms with Crippen molar-refractivity contribution in [1.82, 2.24) is 8.87 Å². The SMILES string of the molecule is COC(=O)c1cn(C(=O)C2CCCN(S(C)(=O)=O)C2)c2ccccc12. The van der Waals surface area contributed by atoms with Gasteiger partial charge in [0.05, 0.1) is 30.4 Å². The molecule has 2 heterocycles. The van der Waals surface area contributed by atoms with Gasteiger partial charge in [-0.25, -0.2) is 17.5 Å². The van der Waals surface area contributed by atoms with Gasteiger partial charge in [-0.1, -0.05) is 18.2 Å². The Kier molecular flexibility index (Phi) is 4.66. The fraction of sp³-hybridized carbons (Fsp3) is 0.412. The standard InChI is InChI=1S/C17H20N2O5S/c1-24-17(21)14-11-19(15-8-4-3-7-13(14)15)16(20)12-6-5-9-18(10-12)25(2,22)23/h3-4,7-8,11-12H,5-6,9-10H2,1-2H3. The van der Waals surface area contributed by atoms with Gasteiger partial charge in [0.15, 0.2) is 0 Å². The monoisotopic (exact) mass is 364 g/mol. The molecule has 0 N–H and O–H groups in total. The van der Waals surface area contributed by atoms with Gasteiger partial charge in [-0.2, -0.15) is 0 Å². The van der Waals surface area contributed by atoms with Crippen LogP contribution in [0.2, 0.25) is 0 Å². The highest BCUT2D eigenvalue weighted by molar-refractivity contribution is 7.88. The Morgan fingerprint density at radius 1 is 1.24 bits per heavy atom. The van der Waals surface area contributed by atoms with Crippen LogP contribution in [-0.2, 0) is 14.8 Å². The fourth-order valence-corrected chi connectivity index (χ4v) is 4.19. The van der Waals surface area contributed by atoms with Crippen LogP contribution in [0.5, 0.6) is 0 Å². The van der Waals surface area contributed by atoms with E-state index in [-0.39, 0.29) is 12.5 Å². The highest BCUT2D eigenvalue weighted by Crippen LogP contribution is 2.26. The van der Waals surface area contributed by atoms with Crippen molar-refractivity contribution >= 4 is 32.8 Å². The zero-order valence-corrected chi connectivity index (χ0v) is 15.0. The smallest absolute Gasteiger partial charge is 0.340 e. The van der Waals surface area contributed by atoms with Crippen molar-refractivity contribution < 1.29 is 22.7 Å². The van der Waals surface area contributed by atoms with Crippen molar-refractivity contribution in [2.45, 2.75) is 12.8 Å². The molecule has 134 valence electrons. The van der Waals surface area contributed by atoms with Gasteiger partial charge in [-0.3, -0.25) is 9.36 Å². The largest absolute Gasteiger partial charge is 0.465 e. The van der Waals surface area contributed by atoms with Crippen LogP contribution >= 0.6 is 0 Å². The fourth-order valence-electron chi connectivity index (χ4n) is 3.28. The predicted octanol–water partition coefficient (Wildman–Crippen LogP) is 1.74. The highest BCUT2D eigenvalue weighted by atomic mass is 32.2. The van der Waals surface area contributed by atoms with Crippen molar-refractivity contribution in [3.63, 3.8) is 0 Å². The van der Waals surface area contributed by atoms with E-state index in [0.717, 1.165) is 6.26 Å². The van der Waals surface area contributed by atoms with E-state index in [0.29, 0.717) is 35.9 Å². The van der Waals surface area contributed by atoms with Gasteiger partial charge in [0.25, 0.3) is 0 Å². The molecule has 0 spiro atoms. The van der Waals surface area contributed by atoms with Crippen molar-refractivity contribution in [2.24, 2.45) is 5.92 Å². The van der Waals surface area contributed by atoms with E-state index in [4.69, 9.17) is 4.74 Å². The molecule has 0 bridgehead atoms. The Labute approximate surface area is 146 Å². The minimum absolute atomic E-state index is 0.164. The number of benzene rings is 1. The van der Waals surface area contributed by atoms with Crippen LogP contribution in [0.4, 0.5) is 0 Å². The Balaban J connectivity index is 1.99. The van der Waals surface area contributed by atoms with Crippen LogP contribution in [0.15, 0.2) is 30.5 Å². The number of esters is 1. The van der Waals surface area contributed by atoms with Gasteiger partial charge >= 0.3 is 5.97 Å². The first-order valence-electron chi connectivity index (χ1n) is 8.00. The first kappa shape index (κ1) is 17.6. The molecule has 1 saturated heterocycles. The third-order valence-electron chi connectivity index (χ3n) is 4.56. The molecule has 1 atom stereocenters. The molecular formula is C17H20N2O5S. The van der Waals surface area contributed by atoms with Gasteiger partial charge in [0.2, 0.25) is 15.9 Å². The lowest BCUT2D eigenvalue weighted by Crippen LogP contribution is -2.42. The molecule has 1 unspecified atom stereocenters. The van der Waals surface area contributed by atoms with E-state index in [9.17, 15) is 18.0 Å². The molecule has 1 aromatic heterocycles. The third kappa shape index (κ3) is 3.32. The summed E-state index contributed by atoms with van der Waals surface area (Å²) in [6.07, 6.45) is 3.88. The lowest BCUT2D eigenvalue weighted by Gasteiger charge is -2.30. The molecule has 0 saturated carbocycles. The number of rotatable bonds is 3. The van der Waals surface area contributed by atoms with Gasteiger partial charge < -0.3 is 4.74 Å². The highest BCUT2D eigenvalue weighted by Gasteiger charge is 2.32. The number of fused-ring (bicyclic) bond motifs is 1. The Bertz CT molecular complexity index is 932. The van der Waals surface area contributed by atoms with E-state index in [1.807, 2.05) is 0 Å². The predicted molar refractivity (Wildman–Crippen MR) is 93.0 cm³/mol. The van der Waals surface area contributed by atoms with Crippen molar-refractivity contribution in [2.75, 3.05) is 26.5 Å². The molecule has 1 aromatic carbocycles. The molecular weight excluding hydrogens is 344 g/mol. The van der Waals surface area contributed by atoms with Crippen molar-refractivity contribution in [3.8, 4) is 0 Å². The summed E-state index contributed by atoms with van der Waals surface area (Å²) in [5.41, 5.74) is 0.937. The number of carbonyl (C=O) groups is 2. The number of hydrogen-bond acceptors (Lipinski definition) is 5. The Morgan fingerprint density at radius 3 is 2.64 bits per heavy atom. The molecule has 3 rings (SSSR count).